The summed E-state index contributed by atoms with van der Waals surface area (Å²) in [5.41, 5.74) is 8.29. The van der Waals surface area contributed by atoms with Gasteiger partial charge in [0, 0.05) is 17.8 Å². The topological polar surface area (TPSA) is 84.2 Å². The normalized spacial score (nSPS) is 14.6. The third kappa shape index (κ3) is 3.95. The van der Waals surface area contributed by atoms with Crippen LogP contribution in [0.15, 0.2) is 18.2 Å². The zero-order valence-electron chi connectivity index (χ0n) is 11.4. The number of rotatable bonds is 4. The molecule has 1 aromatic rings. The molecule has 0 saturated carbocycles. The number of hydrogen-bond donors (Lipinski definition) is 3. The second-order valence-corrected chi connectivity index (χ2v) is 4.80. The van der Waals surface area contributed by atoms with Crippen LogP contribution in [-0.2, 0) is 16.0 Å². The highest BCUT2D eigenvalue weighted by molar-refractivity contribution is 5.97. The van der Waals surface area contributed by atoms with Crippen molar-refractivity contribution in [2.24, 2.45) is 5.73 Å². The summed E-state index contributed by atoms with van der Waals surface area (Å²) in [4.78, 5) is 23.1. The van der Waals surface area contributed by atoms with Gasteiger partial charge in [0.05, 0.1) is 6.04 Å². The minimum atomic E-state index is -0.490. The van der Waals surface area contributed by atoms with Crippen LogP contribution in [0.2, 0.25) is 0 Å². The molecule has 2 rings (SSSR count). The molecule has 0 radical (unpaired) electrons. The Hall–Kier alpha value is -1.59. The van der Waals surface area contributed by atoms with E-state index in [4.69, 9.17) is 5.73 Å². The van der Waals surface area contributed by atoms with E-state index in [0.29, 0.717) is 18.5 Å². The Labute approximate surface area is 124 Å². The predicted molar refractivity (Wildman–Crippen MR) is 82.2 cm³/mol. The van der Waals surface area contributed by atoms with Crippen LogP contribution < -0.4 is 16.4 Å². The van der Waals surface area contributed by atoms with E-state index in [1.165, 1.54) is 0 Å². The van der Waals surface area contributed by atoms with Gasteiger partial charge < -0.3 is 16.4 Å². The Bertz CT molecular complexity index is 505. The lowest BCUT2D eigenvalue weighted by Gasteiger charge is -2.18. The fraction of sp³-hybridized carbons (Fsp3) is 0.429. The molecule has 1 aliphatic heterocycles. The largest absolute Gasteiger partial charge is 0.326 e. The van der Waals surface area contributed by atoms with Gasteiger partial charge >= 0.3 is 0 Å². The van der Waals surface area contributed by atoms with Crippen molar-refractivity contribution >= 4 is 35.6 Å². The Morgan fingerprint density at radius 1 is 1.45 bits per heavy atom. The average Bonchev–Trinajstić information content (AvgIpc) is 2.38. The van der Waals surface area contributed by atoms with Crippen LogP contribution in [0.4, 0.5) is 11.4 Å². The molecule has 0 saturated heterocycles. The van der Waals surface area contributed by atoms with E-state index in [0.717, 1.165) is 24.1 Å². The van der Waals surface area contributed by atoms with Crippen LogP contribution in [0.3, 0.4) is 0 Å². The van der Waals surface area contributed by atoms with Gasteiger partial charge in [-0.1, -0.05) is 19.4 Å². The van der Waals surface area contributed by atoms with Crippen LogP contribution in [-0.4, -0.2) is 17.9 Å². The lowest BCUT2D eigenvalue weighted by atomic mass is 10.0. The van der Waals surface area contributed by atoms with Crippen LogP contribution >= 0.6 is 12.4 Å². The van der Waals surface area contributed by atoms with Gasteiger partial charge in [-0.3, -0.25) is 9.59 Å². The van der Waals surface area contributed by atoms with Gasteiger partial charge in [0.15, 0.2) is 0 Å². The Balaban J connectivity index is 0.00000200. The molecule has 0 spiro atoms. The maximum absolute atomic E-state index is 11.8. The first-order chi connectivity index (χ1) is 9.10. The SMILES string of the molecule is CCCC(N)C(=O)Nc1ccc2c(c1)NC(=O)CC2.Cl. The fourth-order valence-corrected chi connectivity index (χ4v) is 2.13. The van der Waals surface area contributed by atoms with Gasteiger partial charge in [0.2, 0.25) is 11.8 Å². The maximum atomic E-state index is 11.8. The molecular formula is C14H20ClN3O2. The van der Waals surface area contributed by atoms with Crippen molar-refractivity contribution in [1.29, 1.82) is 0 Å². The van der Waals surface area contributed by atoms with Gasteiger partial charge in [-0.15, -0.1) is 12.4 Å². The highest BCUT2D eigenvalue weighted by Gasteiger charge is 2.16. The first-order valence-corrected chi connectivity index (χ1v) is 6.59. The number of aryl methyl sites for hydroxylation is 1. The molecule has 1 aliphatic rings. The summed E-state index contributed by atoms with van der Waals surface area (Å²) >= 11 is 0. The highest BCUT2D eigenvalue weighted by atomic mass is 35.5. The van der Waals surface area contributed by atoms with E-state index in [1.54, 1.807) is 6.07 Å². The molecular weight excluding hydrogens is 278 g/mol. The lowest BCUT2D eigenvalue weighted by molar-refractivity contribution is -0.117. The van der Waals surface area contributed by atoms with E-state index >= 15 is 0 Å². The van der Waals surface area contributed by atoms with E-state index < -0.39 is 6.04 Å². The van der Waals surface area contributed by atoms with Crippen molar-refractivity contribution in [3.8, 4) is 0 Å². The summed E-state index contributed by atoms with van der Waals surface area (Å²) in [6.45, 7) is 1.99. The number of amides is 2. The lowest BCUT2D eigenvalue weighted by Crippen LogP contribution is -2.35. The Kier molecular flexibility index (Phi) is 5.98. The molecule has 2 amide bonds. The van der Waals surface area contributed by atoms with Crippen LogP contribution in [0.1, 0.15) is 31.7 Å². The first-order valence-electron chi connectivity index (χ1n) is 6.59. The van der Waals surface area contributed by atoms with E-state index in [1.807, 2.05) is 19.1 Å². The number of carbonyl (C=O) groups excluding carboxylic acids is 2. The highest BCUT2D eigenvalue weighted by Crippen LogP contribution is 2.25. The molecule has 0 aromatic heterocycles. The van der Waals surface area contributed by atoms with Crippen molar-refractivity contribution in [2.45, 2.75) is 38.6 Å². The van der Waals surface area contributed by atoms with Gasteiger partial charge in [-0.05, 0) is 30.5 Å². The smallest absolute Gasteiger partial charge is 0.241 e. The minimum Gasteiger partial charge on any atom is -0.326 e. The van der Waals surface area contributed by atoms with Crippen molar-refractivity contribution in [2.75, 3.05) is 10.6 Å². The fourth-order valence-electron chi connectivity index (χ4n) is 2.13. The monoisotopic (exact) mass is 297 g/mol. The van der Waals surface area contributed by atoms with Crippen LogP contribution in [0.25, 0.3) is 0 Å². The predicted octanol–water partition coefficient (Wildman–Crippen LogP) is 2.06. The van der Waals surface area contributed by atoms with Crippen molar-refractivity contribution < 1.29 is 9.59 Å². The quantitative estimate of drug-likeness (QED) is 0.795. The zero-order valence-corrected chi connectivity index (χ0v) is 12.3. The maximum Gasteiger partial charge on any atom is 0.241 e. The summed E-state index contributed by atoms with van der Waals surface area (Å²) in [6.07, 6.45) is 2.78. The van der Waals surface area contributed by atoms with Gasteiger partial charge in [0.1, 0.15) is 0 Å². The number of nitrogens with two attached hydrogens (primary N) is 1. The second-order valence-electron chi connectivity index (χ2n) is 4.80. The van der Waals surface area contributed by atoms with Crippen LogP contribution in [0.5, 0.6) is 0 Å². The molecule has 0 fully saturated rings. The van der Waals surface area contributed by atoms with E-state index in [-0.39, 0.29) is 24.2 Å². The molecule has 1 aromatic carbocycles. The van der Waals surface area contributed by atoms with E-state index in [2.05, 4.69) is 10.6 Å². The Morgan fingerprint density at radius 2 is 2.20 bits per heavy atom. The third-order valence-electron chi connectivity index (χ3n) is 3.21. The third-order valence-corrected chi connectivity index (χ3v) is 3.21. The van der Waals surface area contributed by atoms with Gasteiger partial charge in [0.25, 0.3) is 0 Å². The average molecular weight is 298 g/mol. The molecule has 110 valence electrons. The number of fused-ring (bicyclic) bond motifs is 1. The van der Waals surface area contributed by atoms with Gasteiger partial charge in [-0.2, -0.15) is 0 Å². The molecule has 20 heavy (non-hydrogen) atoms. The number of benzene rings is 1. The molecule has 0 aliphatic carbocycles. The van der Waals surface area contributed by atoms with Crippen molar-refractivity contribution in [1.82, 2.24) is 0 Å². The molecule has 5 nitrogen and oxygen atoms in total. The second kappa shape index (κ2) is 7.26. The molecule has 0 bridgehead atoms. The molecule has 4 N–H and O–H groups in total. The van der Waals surface area contributed by atoms with Crippen molar-refractivity contribution in [3.05, 3.63) is 23.8 Å². The molecule has 6 heteroatoms. The summed E-state index contributed by atoms with van der Waals surface area (Å²) in [5, 5.41) is 5.58. The van der Waals surface area contributed by atoms with E-state index in [9.17, 15) is 9.59 Å². The number of carbonyl (C=O) groups is 2. The first kappa shape index (κ1) is 16.5. The number of nitrogens with one attached hydrogen (secondary N) is 2. The molecule has 1 heterocycles. The number of hydrogen-bond acceptors (Lipinski definition) is 3. The molecule has 1 unspecified atom stereocenters. The Morgan fingerprint density at radius 3 is 2.90 bits per heavy atom. The summed E-state index contributed by atoms with van der Waals surface area (Å²) < 4.78 is 0. The summed E-state index contributed by atoms with van der Waals surface area (Å²) in [6, 6.07) is 5.06. The molecule has 1 atom stereocenters. The summed E-state index contributed by atoms with van der Waals surface area (Å²) in [5.74, 6) is -0.178. The van der Waals surface area contributed by atoms with Crippen molar-refractivity contribution in [3.63, 3.8) is 0 Å². The van der Waals surface area contributed by atoms with Gasteiger partial charge in [-0.25, -0.2) is 0 Å². The summed E-state index contributed by atoms with van der Waals surface area (Å²) in [7, 11) is 0. The zero-order chi connectivity index (χ0) is 13.8. The number of anilines is 2. The van der Waals surface area contributed by atoms with Crippen LogP contribution in [0, 0.1) is 0 Å². The number of halogens is 1. The minimum absolute atomic E-state index is 0. The standard InChI is InChI=1S/C14H19N3O2.ClH/c1-2-3-11(15)14(19)16-10-6-4-9-5-7-13(18)17-12(9)8-10;/h4,6,8,11H,2-3,5,7,15H2,1H3,(H,16,19)(H,17,18);1H.